The molecule has 1 fully saturated rings. The summed E-state index contributed by atoms with van der Waals surface area (Å²) in [4.78, 5) is 23.8. The molecule has 0 radical (unpaired) electrons. The first-order chi connectivity index (χ1) is 17.6. The summed E-state index contributed by atoms with van der Waals surface area (Å²) in [5.41, 5.74) is 1.09. The van der Waals surface area contributed by atoms with Crippen LogP contribution in [0.15, 0.2) is 30.3 Å². The van der Waals surface area contributed by atoms with E-state index in [4.69, 9.17) is 47.3 Å². The maximum atomic E-state index is 13.1. The molecular weight excluding hydrogens is 533 g/mol. The Kier molecular flexibility index (Phi) is 9.96. The van der Waals surface area contributed by atoms with E-state index in [2.05, 4.69) is 5.32 Å². The molecule has 5 atom stereocenters. The number of nitrogens with one attached hydrogen (secondary N) is 1. The van der Waals surface area contributed by atoms with E-state index >= 15 is 0 Å². The number of benzene rings is 2. The second-order valence-corrected chi connectivity index (χ2v) is 9.02. The van der Waals surface area contributed by atoms with Gasteiger partial charge >= 0.3 is 5.97 Å². The van der Waals surface area contributed by atoms with E-state index in [1.807, 2.05) is 0 Å². The van der Waals surface area contributed by atoms with Crippen LogP contribution < -0.4 is 14.8 Å². The maximum absolute atomic E-state index is 13.1. The van der Waals surface area contributed by atoms with Gasteiger partial charge in [0.05, 0.1) is 16.7 Å². The lowest BCUT2D eigenvalue weighted by Crippen LogP contribution is -2.64. The first-order valence-electron chi connectivity index (χ1n) is 11.1. The van der Waals surface area contributed by atoms with Crippen LogP contribution in [0, 0.1) is 6.92 Å². The molecule has 2 aromatic carbocycles. The van der Waals surface area contributed by atoms with Gasteiger partial charge in [0.1, 0.15) is 36.7 Å². The van der Waals surface area contributed by atoms with Crippen LogP contribution in [0.3, 0.4) is 0 Å². The van der Waals surface area contributed by atoms with Gasteiger partial charge in [-0.05, 0) is 36.2 Å². The van der Waals surface area contributed by atoms with Crippen LogP contribution in [-0.2, 0) is 20.9 Å². The largest absolute Gasteiger partial charge is 0.486 e. The predicted molar refractivity (Wildman–Crippen MR) is 131 cm³/mol. The average molecular weight is 560 g/mol. The summed E-state index contributed by atoms with van der Waals surface area (Å²) >= 11 is 12.8. The van der Waals surface area contributed by atoms with E-state index in [-0.39, 0.29) is 28.0 Å². The lowest BCUT2D eigenvalue weighted by molar-refractivity contribution is -0.261. The van der Waals surface area contributed by atoms with Gasteiger partial charge in [0.15, 0.2) is 18.6 Å². The van der Waals surface area contributed by atoms with Crippen molar-refractivity contribution in [3.63, 3.8) is 0 Å². The molecule has 0 saturated carbocycles. The summed E-state index contributed by atoms with van der Waals surface area (Å²) in [5, 5.41) is 41.4. The highest BCUT2D eigenvalue weighted by atomic mass is 35.5. The van der Waals surface area contributed by atoms with Crippen molar-refractivity contribution in [2.75, 3.05) is 20.3 Å². The van der Waals surface area contributed by atoms with E-state index < -0.39 is 55.7 Å². The highest BCUT2D eigenvalue weighted by Gasteiger charge is 2.45. The average Bonchev–Trinajstić information content (AvgIpc) is 2.88. The van der Waals surface area contributed by atoms with Crippen molar-refractivity contribution in [1.82, 2.24) is 5.32 Å². The lowest BCUT2D eigenvalue weighted by atomic mass is 9.96. The molecule has 1 saturated heterocycles. The van der Waals surface area contributed by atoms with Gasteiger partial charge in [0.25, 0.3) is 5.91 Å². The van der Waals surface area contributed by atoms with E-state index in [1.54, 1.807) is 31.2 Å². The highest BCUT2D eigenvalue weighted by molar-refractivity contribution is 6.38. The number of carboxylic acids is 1. The van der Waals surface area contributed by atoms with Crippen molar-refractivity contribution >= 4 is 35.1 Å². The number of carbonyl (C=O) groups is 2. The second-order valence-electron chi connectivity index (χ2n) is 8.23. The number of ether oxygens (including phenoxy) is 4. The Labute approximate surface area is 222 Å². The Morgan fingerprint density at radius 2 is 1.86 bits per heavy atom. The van der Waals surface area contributed by atoms with E-state index in [0.29, 0.717) is 16.9 Å². The summed E-state index contributed by atoms with van der Waals surface area (Å²) < 4.78 is 21.5. The molecule has 1 aliphatic rings. The van der Waals surface area contributed by atoms with Crippen molar-refractivity contribution in [2.24, 2.45) is 0 Å². The van der Waals surface area contributed by atoms with Gasteiger partial charge in [-0.2, -0.15) is 0 Å². The first-order valence-corrected chi connectivity index (χ1v) is 11.8. The third-order valence-corrected chi connectivity index (χ3v) is 6.46. The third-order valence-electron chi connectivity index (χ3n) is 5.72. The lowest BCUT2D eigenvalue weighted by Gasteiger charge is -2.41. The topological polar surface area (TPSA) is 164 Å². The van der Waals surface area contributed by atoms with Crippen molar-refractivity contribution in [3.05, 3.63) is 57.1 Å². The van der Waals surface area contributed by atoms with Crippen molar-refractivity contribution in [3.8, 4) is 11.5 Å². The second kappa shape index (κ2) is 12.7. The van der Waals surface area contributed by atoms with Crippen LogP contribution in [0.2, 0.25) is 10.0 Å². The number of rotatable bonds is 10. The Balaban J connectivity index is 1.75. The zero-order valence-electron chi connectivity index (χ0n) is 19.9. The summed E-state index contributed by atoms with van der Waals surface area (Å²) in [6, 6.07) is 6.83. The summed E-state index contributed by atoms with van der Waals surface area (Å²) in [7, 11) is 1.29. The Bertz CT molecular complexity index is 1130. The number of halogens is 2. The smallest absolute Gasteiger partial charge is 0.341 e. The zero-order valence-corrected chi connectivity index (χ0v) is 21.4. The summed E-state index contributed by atoms with van der Waals surface area (Å²) in [6.07, 6.45) is -5.16. The zero-order chi connectivity index (χ0) is 27.3. The molecule has 13 heteroatoms. The predicted octanol–water partition coefficient (Wildman–Crippen LogP) is 1.53. The fraction of sp³-hybridized carbons (Fsp3) is 0.417. The molecule has 1 aliphatic heterocycles. The molecule has 0 spiro atoms. The van der Waals surface area contributed by atoms with Crippen LogP contribution in [0.25, 0.3) is 0 Å². The van der Waals surface area contributed by atoms with Crippen molar-refractivity contribution in [2.45, 2.75) is 44.2 Å². The minimum atomic E-state index is -1.48. The molecule has 202 valence electrons. The standard InChI is InChI=1S/C24H27Cl2NO10/c1-11-14(23(33)27-19-21(32)20(31)16(8-28)37-24(19)34-2)7-15(25)22(18(11)26)36-9-12-4-3-5-13(6-12)35-10-17(29)30/h3-7,16,19-21,24,28,31-32H,8-10H2,1-2H3,(H,27,33)(H,29,30)/t16-,19-,20-,21-,24+/m1/s1. The Morgan fingerprint density at radius 1 is 1.14 bits per heavy atom. The number of carbonyl (C=O) groups excluding carboxylic acids is 1. The van der Waals surface area contributed by atoms with E-state index in [0.717, 1.165) is 0 Å². The highest BCUT2D eigenvalue weighted by Crippen LogP contribution is 2.38. The molecule has 0 unspecified atom stereocenters. The molecule has 1 heterocycles. The molecule has 0 bridgehead atoms. The fourth-order valence-corrected chi connectivity index (χ4v) is 4.32. The van der Waals surface area contributed by atoms with Gasteiger partial charge in [0, 0.05) is 12.7 Å². The van der Waals surface area contributed by atoms with Gasteiger partial charge in [-0.15, -0.1) is 0 Å². The number of aliphatic carboxylic acids is 1. The van der Waals surface area contributed by atoms with E-state index in [1.165, 1.54) is 13.2 Å². The van der Waals surface area contributed by atoms with E-state index in [9.17, 15) is 24.9 Å². The molecular formula is C24H27Cl2NO10. The molecule has 3 rings (SSSR count). The van der Waals surface area contributed by atoms with Crippen molar-refractivity contribution in [1.29, 1.82) is 0 Å². The SMILES string of the molecule is CO[C@H]1O[C@H](CO)[C@@H](O)[C@H](O)[C@H]1NC(=O)c1cc(Cl)c(OCc2cccc(OCC(=O)O)c2)c(Cl)c1C. The van der Waals surface area contributed by atoms with Gasteiger partial charge in [-0.1, -0.05) is 35.3 Å². The normalized spacial score (nSPS) is 23.4. The summed E-state index contributed by atoms with van der Waals surface area (Å²) in [6.45, 7) is 0.573. The van der Waals surface area contributed by atoms with Crippen LogP contribution in [-0.4, -0.2) is 83.3 Å². The quantitative estimate of drug-likeness (QED) is 0.288. The van der Waals surface area contributed by atoms with Crippen LogP contribution in [0.5, 0.6) is 11.5 Å². The molecule has 2 aromatic rings. The van der Waals surface area contributed by atoms with Gasteiger partial charge in [0.2, 0.25) is 0 Å². The van der Waals surface area contributed by atoms with Crippen LogP contribution in [0.4, 0.5) is 0 Å². The molecule has 0 aliphatic carbocycles. The molecule has 11 nitrogen and oxygen atoms in total. The Hall–Kier alpha value is -2.64. The van der Waals surface area contributed by atoms with Crippen LogP contribution in [0.1, 0.15) is 21.5 Å². The number of hydrogen-bond donors (Lipinski definition) is 5. The number of aliphatic hydroxyl groups excluding tert-OH is 3. The summed E-state index contributed by atoms with van der Waals surface area (Å²) in [5.74, 6) is -1.29. The number of aliphatic hydroxyl groups is 3. The van der Waals surface area contributed by atoms with Gasteiger partial charge in [-0.25, -0.2) is 4.79 Å². The number of hydrogen-bond acceptors (Lipinski definition) is 9. The molecule has 5 N–H and O–H groups in total. The number of amides is 1. The van der Waals surface area contributed by atoms with Gasteiger partial charge < -0.3 is 44.7 Å². The molecule has 37 heavy (non-hydrogen) atoms. The molecule has 1 amide bonds. The minimum Gasteiger partial charge on any atom is -0.486 e. The fourth-order valence-electron chi connectivity index (χ4n) is 3.75. The first kappa shape index (κ1) is 28.9. The number of carboxylic acid groups (broad SMARTS) is 1. The third kappa shape index (κ3) is 6.82. The minimum absolute atomic E-state index is 0.0275. The van der Waals surface area contributed by atoms with Gasteiger partial charge in [-0.3, -0.25) is 4.79 Å². The van der Waals surface area contributed by atoms with Crippen LogP contribution >= 0.6 is 23.2 Å². The monoisotopic (exact) mass is 559 g/mol. The Morgan fingerprint density at radius 3 is 2.51 bits per heavy atom. The molecule has 0 aromatic heterocycles. The van der Waals surface area contributed by atoms with Crippen molar-refractivity contribution < 1.29 is 49.0 Å². The number of methoxy groups -OCH3 is 1. The maximum Gasteiger partial charge on any atom is 0.341 e.